The highest BCUT2D eigenvalue weighted by atomic mass is 79.9. The average Bonchev–Trinajstić information content (AvgIpc) is 2.75. The fraction of sp³-hybridized carbons (Fsp3) is 0.208. The highest BCUT2D eigenvalue weighted by Gasteiger charge is 2.27. The lowest BCUT2D eigenvalue weighted by molar-refractivity contribution is -0.122. The Kier molecular flexibility index (Phi) is 8.11. The summed E-state index contributed by atoms with van der Waals surface area (Å²) in [5.74, 6) is -0.389. The second kappa shape index (κ2) is 10.6. The molecular weight excluding hydrogens is 512 g/mol. The molecule has 3 rings (SSSR count). The molecule has 3 aromatic rings. The van der Waals surface area contributed by atoms with Crippen molar-refractivity contribution in [1.29, 1.82) is 0 Å². The molecule has 168 valence electrons. The Bertz CT molecular complexity index is 1170. The van der Waals surface area contributed by atoms with E-state index in [9.17, 15) is 13.2 Å². The minimum Gasteiger partial charge on any atom is -0.348 e. The lowest BCUT2D eigenvalue weighted by Gasteiger charge is -2.23. The maximum absolute atomic E-state index is 13.4. The number of amides is 1. The summed E-state index contributed by atoms with van der Waals surface area (Å²) < 4.78 is 28.7. The zero-order chi connectivity index (χ0) is 23.3. The molecule has 1 unspecified atom stereocenters. The SMILES string of the molecule is Cc1ccc(CN(CC(=O)NC(C)c2ccc(Cl)cc2)S(=O)(=O)c2ccc(Br)cc2)cc1. The Labute approximate surface area is 202 Å². The number of rotatable bonds is 8. The van der Waals surface area contributed by atoms with Crippen LogP contribution in [0.1, 0.15) is 29.7 Å². The summed E-state index contributed by atoms with van der Waals surface area (Å²) >= 11 is 9.26. The molecule has 0 aromatic heterocycles. The first-order valence-electron chi connectivity index (χ1n) is 10.0. The predicted molar refractivity (Wildman–Crippen MR) is 131 cm³/mol. The van der Waals surface area contributed by atoms with Crippen molar-refractivity contribution in [3.05, 3.63) is 99.0 Å². The van der Waals surface area contributed by atoms with Crippen LogP contribution in [-0.2, 0) is 21.4 Å². The van der Waals surface area contributed by atoms with Gasteiger partial charge in [0.05, 0.1) is 17.5 Å². The van der Waals surface area contributed by atoms with E-state index in [1.807, 2.05) is 50.2 Å². The molecule has 0 spiro atoms. The first-order valence-corrected chi connectivity index (χ1v) is 12.6. The molecule has 0 heterocycles. The quantitative estimate of drug-likeness (QED) is 0.415. The topological polar surface area (TPSA) is 66.5 Å². The number of carbonyl (C=O) groups is 1. The molecule has 1 atom stereocenters. The Morgan fingerprint density at radius 1 is 1.00 bits per heavy atom. The van der Waals surface area contributed by atoms with Crippen molar-refractivity contribution in [3.63, 3.8) is 0 Å². The van der Waals surface area contributed by atoms with Crippen LogP contribution in [0.4, 0.5) is 0 Å². The molecule has 0 saturated heterocycles. The summed E-state index contributed by atoms with van der Waals surface area (Å²) in [4.78, 5) is 13.0. The zero-order valence-corrected chi connectivity index (χ0v) is 20.9. The van der Waals surface area contributed by atoms with E-state index in [1.54, 1.807) is 24.3 Å². The van der Waals surface area contributed by atoms with Gasteiger partial charge in [0.1, 0.15) is 0 Å². The van der Waals surface area contributed by atoms with Gasteiger partial charge in [-0.15, -0.1) is 0 Å². The van der Waals surface area contributed by atoms with Crippen molar-refractivity contribution < 1.29 is 13.2 Å². The van der Waals surface area contributed by atoms with E-state index in [0.717, 1.165) is 21.2 Å². The summed E-state index contributed by atoms with van der Waals surface area (Å²) in [5.41, 5.74) is 2.75. The van der Waals surface area contributed by atoms with Gasteiger partial charge in [-0.1, -0.05) is 69.5 Å². The Balaban J connectivity index is 1.82. The summed E-state index contributed by atoms with van der Waals surface area (Å²) in [6.45, 7) is 3.59. The average molecular weight is 536 g/mol. The van der Waals surface area contributed by atoms with Gasteiger partial charge in [0.15, 0.2) is 0 Å². The largest absolute Gasteiger partial charge is 0.348 e. The van der Waals surface area contributed by atoms with Crippen LogP contribution in [0.3, 0.4) is 0 Å². The van der Waals surface area contributed by atoms with Gasteiger partial charge in [0, 0.05) is 16.0 Å². The summed E-state index contributed by atoms with van der Waals surface area (Å²) in [6.07, 6.45) is 0. The van der Waals surface area contributed by atoms with Crippen molar-refractivity contribution in [3.8, 4) is 0 Å². The van der Waals surface area contributed by atoms with Gasteiger partial charge in [-0.05, 0) is 61.4 Å². The van der Waals surface area contributed by atoms with Gasteiger partial charge in [-0.25, -0.2) is 8.42 Å². The number of hydrogen-bond donors (Lipinski definition) is 1. The second-order valence-electron chi connectivity index (χ2n) is 7.55. The van der Waals surface area contributed by atoms with E-state index >= 15 is 0 Å². The first kappa shape index (κ1) is 24.5. The van der Waals surface area contributed by atoms with Crippen LogP contribution in [0.25, 0.3) is 0 Å². The van der Waals surface area contributed by atoms with E-state index in [-0.39, 0.29) is 29.9 Å². The summed E-state index contributed by atoms with van der Waals surface area (Å²) in [5, 5.41) is 3.49. The van der Waals surface area contributed by atoms with Crippen LogP contribution >= 0.6 is 27.5 Å². The monoisotopic (exact) mass is 534 g/mol. The molecule has 0 aliphatic heterocycles. The number of benzene rings is 3. The van der Waals surface area contributed by atoms with E-state index in [4.69, 9.17) is 11.6 Å². The molecule has 0 fully saturated rings. The number of nitrogens with zero attached hydrogens (tertiary/aromatic N) is 1. The van der Waals surface area contributed by atoms with Crippen LogP contribution < -0.4 is 5.32 Å². The lowest BCUT2D eigenvalue weighted by Crippen LogP contribution is -2.41. The van der Waals surface area contributed by atoms with Crippen LogP contribution in [-0.4, -0.2) is 25.2 Å². The summed E-state index contributed by atoms with van der Waals surface area (Å²) in [7, 11) is -3.89. The van der Waals surface area contributed by atoms with Crippen molar-refractivity contribution >= 4 is 43.5 Å². The molecule has 5 nitrogen and oxygen atoms in total. The fourth-order valence-electron chi connectivity index (χ4n) is 3.16. The molecule has 0 aliphatic rings. The minimum atomic E-state index is -3.89. The maximum Gasteiger partial charge on any atom is 0.243 e. The predicted octanol–water partition coefficient (Wildman–Crippen LogP) is 5.48. The molecule has 0 saturated carbocycles. The van der Waals surface area contributed by atoms with Gasteiger partial charge in [-0.2, -0.15) is 4.31 Å². The molecule has 1 amide bonds. The number of nitrogens with one attached hydrogen (secondary N) is 1. The maximum atomic E-state index is 13.4. The normalized spacial score (nSPS) is 12.5. The highest BCUT2D eigenvalue weighted by Crippen LogP contribution is 2.22. The van der Waals surface area contributed by atoms with Gasteiger partial charge in [0.2, 0.25) is 15.9 Å². The molecule has 3 aromatic carbocycles. The molecule has 0 aliphatic carbocycles. The fourth-order valence-corrected chi connectivity index (χ4v) is 4.94. The zero-order valence-electron chi connectivity index (χ0n) is 17.8. The standard InChI is InChI=1S/C24H24BrClN2O3S/c1-17-3-5-19(6-4-17)15-28(32(30,31)23-13-9-21(25)10-14-23)16-24(29)27-18(2)20-7-11-22(26)12-8-20/h3-14,18H,15-16H2,1-2H3,(H,27,29). The van der Waals surface area contributed by atoms with Crippen molar-refractivity contribution in [2.45, 2.75) is 31.3 Å². The van der Waals surface area contributed by atoms with E-state index in [0.29, 0.717) is 5.02 Å². The number of aryl methyl sites for hydroxylation is 1. The number of carbonyl (C=O) groups excluding carboxylic acids is 1. The number of hydrogen-bond acceptors (Lipinski definition) is 3. The van der Waals surface area contributed by atoms with E-state index in [1.165, 1.54) is 16.4 Å². The van der Waals surface area contributed by atoms with Gasteiger partial charge < -0.3 is 5.32 Å². The first-order chi connectivity index (χ1) is 15.1. The van der Waals surface area contributed by atoms with Gasteiger partial charge in [-0.3, -0.25) is 4.79 Å². The van der Waals surface area contributed by atoms with E-state index < -0.39 is 10.0 Å². The summed E-state index contributed by atoms with van der Waals surface area (Å²) in [6, 6.07) is 20.8. The van der Waals surface area contributed by atoms with Crippen molar-refractivity contribution in [2.75, 3.05) is 6.54 Å². The van der Waals surface area contributed by atoms with Crippen LogP contribution in [0.5, 0.6) is 0 Å². The lowest BCUT2D eigenvalue weighted by atomic mass is 10.1. The third kappa shape index (κ3) is 6.42. The second-order valence-corrected chi connectivity index (χ2v) is 10.8. The van der Waals surface area contributed by atoms with Crippen molar-refractivity contribution in [1.82, 2.24) is 9.62 Å². The molecule has 1 N–H and O–H groups in total. The molecule has 8 heteroatoms. The Morgan fingerprint density at radius 3 is 2.19 bits per heavy atom. The third-order valence-electron chi connectivity index (χ3n) is 5.00. The molecule has 32 heavy (non-hydrogen) atoms. The smallest absolute Gasteiger partial charge is 0.243 e. The van der Waals surface area contributed by atoms with Gasteiger partial charge >= 0.3 is 0 Å². The number of sulfonamides is 1. The molecular formula is C24H24BrClN2O3S. The number of halogens is 2. The Hall–Kier alpha value is -2.19. The minimum absolute atomic E-state index is 0.0847. The van der Waals surface area contributed by atoms with Crippen LogP contribution in [0.15, 0.2) is 82.2 Å². The highest BCUT2D eigenvalue weighted by molar-refractivity contribution is 9.10. The van der Waals surface area contributed by atoms with Crippen LogP contribution in [0.2, 0.25) is 5.02 Å². The van der Waals surface area contributed by atoms with E-state index in [2.05, 4.69) is 21.2 Å². The van der Waals surface area contributed by atoms with Crippen molar-refractivity contribution in [2.24, 2.45) is 0 Å². The van der Waals surface area contributed by atoms with Gasteiger partial charge in [0.25, 0.3) is 0 Å². The Morgan fingerprint density at radius 2 is 1.59 bits per heavy atom. The molecule has 0 bridgehead atoms. The molecule has 0 radical (unpaired) electrons. The third-order valence-corrected chi connectivity index (χ3v) is 7.58. The van der Waals surface area contributed by atoms with Crippen LogP contribution in [0, 0.1) is 6.92 Å².